The molecule has 1 spiro atoms. The first kappa shape index (κ1) is 11.2. The van der Waals surface area contributed by atoms with Gasteiger partial charge in [-0.1, -0.05) is 6.42 Å². The summed E-state index contributed by atoms with van der Waals surface area (Å²) in [7, 11) is 0. The molecule has 100 valence electrons. The van der Waals surface area contributed by atoms with Crippen LogP contribution in [0.3, 0.4) is 0 Å². The van der Waals surface area contributed by atoms with Gasteiger partial charge in [0.05, 0.1) is 17.7 Å². The lowest BCUT2D eigenvalue weighted by Gasteiger charge is -2.37. The van der Waals surface area contributed by atoms with E-state index < -0.39 is 0 Å². The summed E-state index contributed by atoms with van der Waals surface area (Å²) in [5, 5.41) is 3.53. The molecule has 4 heteroatoms. The zero-order valence-electron chi connectivity index (χ0n) is 11.2. The Labute approximate surface area is 109 Å². The van der Waals surface area contributed by atoms with Gasteiger partial charge in [0.15, 0.2) is 0 Å². The minimum absolute atomic E-state index is 0.137. The molecule has 4 rings (SSSR count). The van der Waals surface area contributed by atoms with Crippen molar-refractivity contribution in [3.63, 3.8) is 0 Å². The molecule has 4 aliphatic rings. The maximum atomic E-state index is 12.6. The third-order valence-electron chi connectivity index (χ3n) is 5.47. The highest BCUT2D eigenvalue weighted by atomic mass is 16.2. The van der Waals surface area contributed by atoms with E-state index >= 15 is 0 Å². The average molecular weight is 249 g/mol. The fourth-order valence-corrected chi connectivity index (χ4v) is 4.42. The molecule has 0 bridgehead atoms. The first-order chi connectivity index (χ1) is 8.71. The van der Waals surface area contributed by atoms with Crippen molar-refractivity contribution in [2.24, 2.45) is 0 Å². The summed E-state index contributed by atoms with van der Waals surface area (Å²) in [6.45, 7) is 4.60. The Bertz CT molecular complexity index is 379. The normalized spacial score (nSPS) is 42.6. The number of amides is 1. The van der Waals surface area contributed by atoms with Gasteiger partial charge in [0.2, 0.25) is 5.91 Å². The lowest BCUT2D eigenvalue weighted by Crippen LogP contribution is -2.51. The molecule has 1 aliphatic carbocycles. The molecule has 0 aromatic heterocycles. The van der Waals surface area contributed by atoms with Crippen molar-refractivity contribution in [2.45, 2.75) is 69.2 Å². The number of carbonyl (C=O) groups is 1. The van der Waals surface area contributed by atoms with Gasteiger partial charge in [0, 0.05) is 12.6 Å². The number of hydrogen-bond acceptors (Lipinski definition) is 3. The van der Waals surface area contributed by atoms with Crippen molar-refractivity contribution in [3.05, 3.63) is 0 Å². The molecule has 0 aromatic carbocycles. The van der Waals surface area contributed by atoms with E-state index in [0.717, 1.165) is 12.8 Å². The highest BCUT2D eigenvalue weighted by molar-refractivity contribution is 5.92. The number of carbonyl (C=O) groups excluding carboxylic acids is 1. The molecule has 1 saturated carbocycles. The van der Waals surface area contributed by atoms with Gasteiger partial charge >= 0.3 is 0 Å². The maximum absolute atomic E-state index is 12.6. The molecule has 4 fully saturated rings. The SMILES string of the molecule is CC1NC2(CC2)C(=O)N1C1CCN2CCCCC12. The van der Waals surface area contributed by atoms with Crippen molar-refractivity contribution in [1.29, 1.82) is 0 Å². The predicted molar refractivity (Wildman–Crippen MR) is 69.0 cm³/mol. The van der Waals surface area contributed by atoms with Crippen LogP contribution in [-0.2, 0) is 4.79 Å². The molecule has 1 amide bonds. The van der Waals surface area contributed by atoms with Crippen molar-refractivity contribution in [1.82, 2.24) is 15.1 Å². The third-order valence-corrected chi connectivity index (χ3v) is 5.47. The molecule has 1 N–H and O–H groups in total. The van der Waals surface area contributed by atoms with E-state index in [1.807, 2.05) is 0 Å². The van der Waals surface area contributed by atoms with Gasteiger partial charge in [0.25, 0.3) is 0 Å². The van der Waals surface area contributed by atoms with Crippen LogP contribution < -0.4 is 5.32 Å². The van der Waals surface area contributed by atoms with E-state index in [9.17, 15) is 4.79 Å². The van der Waals surface area contributed by atoms with Crippen molar-refractivity contribution in [3.8, 4) is 0 Å². The molecule has 0 radical (unpaired) electrons. The second-order valence-electron chi connectivity index (χ2n) is 6.57. The lowest BCUT2D eigenvalue weighted by molar-refractivity contribution is -0.133. The van der Waals surface area contributed by atoms with Crippen LogP contribution in [0, 0.1) is 0 Å². The van der Waals surface area contributed by atoms with Gasteiger partial charge < -0.3 is 4.90 Å². The summed E-state index contributed by atoms with van der Waals surface area (Å²) in [6.07, 6.45) is 7.49. The second-order valence-corrected chi connectivity index (χ2v) is 6.57. The van der Waals surface area contributed by atoms with E-state index in [2.05, 4.69) is 22.0 Å². The highest BCUT2D eigenvalue weighted by Crippen LogP contribution is 2.44. The van der Waals surface area contributed by atoms with Crippen LogP contribution in [0.5, 0.6) is 0 Å². The summed E-state index contributed by atoms with van der Waals surface area (Å²) < 4.78 is 0. The van der Waals surface area contributed by atoms with E-state index in [0.29, 0.717) is 18.0 Å². The van der Waals surface area contributed by atoms with Gasteiger partial charge in [-0.2, -0.15) is 0 Å². The molecule has 0 aromatic rings. The Morgan fingerprint density at radius 3 is 2.72 bits per heavy atom. The molecule has 3 atom stereocenters. The highest BCUT2D eigenvalue weighted by Gasteiger charge is 2.60. The quantitative estimate of drug-likeness (QED) is 0.751. The zero-order chi connectivity index (χ0) is 12.3. The van der Waals surface area contributed by atoms with Crippen LogP contribution in [0.25, 0.3) is 0 Å². The smallest absolute Gasteiger partial charge is 0.244 e. The molecule has 3 aliphatic heterocycles. The summed E-state index contributed by atoms with van der Waals surface area (Å²) >= 11 is 0. The second kappa shape index (κ2) is 3.70. The number of piperidine rings is 1. The van der Waals surface area contributed by atoms with Crippen LogP contribution in [0.4, 0.5) is 0 Å². The fraction of sp³-hybridized carbons (Fsp3) is 0.929. The molecular formula is C14H23N3O. The van der Waals surface area contributed by atoms with Crippen LogP contribution in [0.2, 0.25) is 0 Å². The monoisotopic (exact) mass is 249 g/mol. The Hall–Kier alpha value is -0.610. The summed E-state index contributed by atoms with van der Waals surface area (Å²) in [5.74, 6) is 0.396. The summed E-state index contributed by atoms with van der Waals surface area (Å²) in [5.41, 5.74) is -0.137. The van der Waals surface area contributed by atoms with Crippen LogP contribution in [0.1, 0.15) is 45.4 Å². The lowest BCUT2D eigenvalue weighted by atomic mass is 9.97. The molecule has 3 unspecified atom stereocenters. The van der Waals surface area contributed by atoms with E-state index in [4.69, 9.17) is 0 Å². The predicted octanol–water partition coefficient (Wildman–Crippen LogP) is 0.924. The first-order valence-electron chi connectivity index (χ1n) is 7.56. The Morgan fingerprint density at radius 1 is 1.17 bits per heavy atom. The number of nitrogens with zero attached hydrogens (tertiary/aromatic N) is 2. The van der Waals surface area contributed by atoms with Gasteiger partial charge in [-0.05, 0) is 45.6 Å². The minimum Gasteiger partial charge on any atom is -0.321 e. The van der Waals surface area contributed by atoms with E-state index in [1.54, 1.807) is 0 Å². The average Bonchev–Trinajstić information content (AvgIpc) is 2.96. The van der Waals surface area contributed by atoms with Crippen molar-refractivity contribution in [2.75, 3.05) is 13.1 Å². The maximum Gasteiger partial charge on any atom is 0.244 e. The summed E-state index contributed by atoms with van der Waals surface area (Å²) in [4.78, 5) is 17.4. The Kier molecular flexibility index (Phi) is 2.31. The van der Waals surface area contributed by atoms with Gasteiger partial charge in [0.1, 0.15) is 0 Å². The van der Waals surface area contributed by atoms with Crippen LogP contribution in [0.15, 0.2) is 0 Å². The largest absolute Gasteiger partial charge is 0.321 e. The van der Waals surface area contributed by atoms with Crippen LogP contribution >= 0.6 is 0 Å². The molecule has 18 heavy (non-hydrogen) atoms. The number of rotatable bonds is 1. The number of nitrogens with one attached hydrogen (secondary N) is 1. The van der Waals surface area contributed by atoms with E-state index in [-0.39, 0.29) is 11.7 Å². The van der Waals surface area contributed by atoms with Gasteiger partial charge in [-0.3, -0.25) is 15.0 Å². The first-order valence-corrected chi connectivity index (χ1v) is 7.56. The summed E-state index contributed by atoms with van der Waals surface area (Å²) in [6, 6.07) is 1.11. The Morgan fingerprint density at radius 2 is 2.00 bits per heavy atom. The molecule has 4 nitrogen and oxygen atoms in total. The zero-order valence-corrected chi connectivity index (χ0v) is 11.2. The van der Waals surface area contributed by atoms with Crippen molar-refractivity contribution < 1.29 is 4.79 Å². The Balaban J connectivity index is 1.58. The minimum atomic E-state index is -0.137. The molecular weight excluding hydrogens is 226 g/mol. The van der Waals surface area contributed by atoms with Crippen LogP contribution in [-0.4, -0.2) is 52.6 Å². The fourth-order valence-electron chi connectivity index (χ4n) is 4.42. The standard InChI is InChI=1S/C14H23N3O/c1-10-15-14(6-7-14)13(18)17(10)12-5-9-16-8-3-2-4-11(12)16/h10-12,15H,2-9H2,1H3. The van der Waals surface area contributed by atoms with Crippen molar-refractivity contribution >= 4 is 5.91 Å². The molecule has 3 saturated heterocycles. The van der Waals surface area contributed by atoms with Gasteiger partial charge in [-0.25, -0.2) is 0 Å². The van der Waals surface area contributed by atoms with Gasteiger partial charge in [-0.15, -0.1) is 0 Å². The third kappa shape index (κ3) is 1.42. The number of hydrogen-bond donors (Lipinski definition) is 1. The van der Waals surface area contributed by atoms with E-state index in [1.165, 1.54) is 38.8 Å². The molecule has 3 heterocycles. The topological polar surface area (TPSA) is 35.6 Å². The number of fused-ring (bicyclic) bond motifs is 1.